The Kier molecular flexibility index (Phi) is 5.61. The van der Waals surface area contributed by atoms with Crippen LogP contribution in [0.5, 0.6) is 0 Å². The minimum Gasteiger partial charge on any atom is -0.466 e. The topological polar surface area (TPSA) is 83.3 Å². The highest BCUT2D eigenvalue weighted by Crippen LogP contribution is 2.23. The largest absolute Gasteiger partial charge is 0.466 e. The summed E-state index contributed by atoms with van der Waals surface area (Å²) in [6.45, 7) is 1.95. The summed E-state index contributed by atoms with van der Waals surface area (Å²) in [5.41, 5.74) is 2.43. The van der Waals surface area contributed by atoms with Crippen LogP contribution in [0.25, 0.3) is 11.3 Å². The van der Waals surface area contributed by atoms with E-state index in [2.05, 4.69) is 14.8 Å². The van der Waals surface area contributed by atoms with Gasteiger partial charge in [-0.1, -0.05) is 30.3 Å². The smallest absolute Gasteiger partial charge is 0.346 e. The first-order chi connectivity index (χ1) is 13.1. The van der Waals surface area contributed by atoms with Crippen molar-refractivity contribution in [2.24, 2.45) is 0 Å². The second kappa shape index (κ2) is 8.27. The summed E-state index contributed by atoms with van der Waals surface area (Å²) in [6.07, 6.45) is 3.86. The lowest BCUT2D eigenvalue weighted by Crippen LogP contribution is -2.25. The van der Waals surface area contributed by atoms with Crippen LogP contribution in [0.1, 0.15) is 22.8 Å². The Bertz CT molecular complexity index is 923. The molecule has 1 atom stereocenters. The van der Waals surface area contributed by atoms with Gasteiger partial charge in [0.1, 0.15) is 11.3 Å². The first kappa shape index (κ1) is 18.3. The number of pyridine rings is 1. The SMILES string of the molecule is COC(=O)[C@H](C)OC(=O)c1cn(Cc2ccccc2)nc1-c1cccnc1. The molecule has 1 aromatic carbocycles. The number of hydrogen-bond donors (Lipinski definition) is 0. The molecule has 3 rings (SSSR count). The molecule has 7 nitrogen and oxygen atoms in total. The molecule has 138 valence electrons. The van der Waals surface area contributed by atoms with Gasteiger partial charge in [0, 0.05) is 24.2 Å². The standard InChI is InChI=1S/C20H19N3O4/c1-14(19(24)26-2)27-20(25)17-13-23(12-15-7-4-3-5-8-15)22-18(17)16-9-6-10-21-11-16/h3-11,13-14H,12H2,1-2H3/t14-/m0/s1. The van der Waals surface area contributed by atoms with E-state index >= 15 is 0 Å². The normalized spacial score (nSPS) is 11.6. The highest BCUT2D eigenvalue weighted by Gasteiger charge is 2.24. The molecule has 27 heavy (non-hydrogen) atoms. The lowest BCUT2D eigenvalue weighted by molar-refractivity contribution is -0.149. The molecule has 2 heterocycles. The molecular formula is C20H19N3O4. The van der Waals surface area contributed by atoms with Crippen molar-refractivity contribution < 1.29 is 19.1 Å². The Hall–Kier alpha value is -3.48. The zero-order chi connectivity index (χ0) is 19.2. The molecule has 0 radical (unpaired) electrons. The summed E-state index contributed by atoms with van der Waals surface area (Å²) in [5, 5.41) is 4.53. The Morgan fingerprint density at radius 2 is 1.93 bits per heavy atom. The average molecular weight is 365 g/mol. The van der Waals surface area contributed by atoms with Crippen LogP contribution in [0.15, 0.2) is 61.1 Å². The van der Waals surface area contributed by atoms with Gasteiger partial charge in [0.05, 0.1) is 13.7 Å². The van der Waals surface area contributed by atoms with Crippen molar-refractivity contribution in [1.29, 1.82) is 0 Å². The molecule has 0 bridgehead atoms. The minimum atomic E-state index is -1.01. The van der Waals surface area contributed by atoms with Gasteiger partial charge < -0.3 is 9.47 Å². The van der Waals surface area contributed by atoms with E-state index in [-0.39, 0.29) is 5.56 Å². The monoisotopic (exact) mass is 365 g/mol. The van der Waals surface area contributed by atoms with Crippen molar-refractivity contribution in [2.75, 3.05) is 7.11 Å². The predicted octanol–water partition coefficient (Wildman–Crippen LogP) is 2.71. The third-order valence-electron chi connectivity index (χ3n) is 3.92. The summed E-state index contributed by atoms with van der Waals surface area (Å²) in [4.78, 5) is 28.3. The van der Waals surface area contributed by atoms with E-state index in [4.69, 9.17) is 4.74 Å². The number of carbonyl (C=O) groups is 2. The Balaban J connectivity index is 1.93. The first-order valence-corrected chi connectivity index (χ1v) is 8.39. The summed E-state index contributed by atoms with van der Waals surface area (Å²) in [7, 11) is 1.24. The molecule has 0 N–H and O–H groups in total. The number of rotatable bonds is 6. The zero-order valence-corrected chi connectivity index (χ0v) is 15.0. The maximum absolute atomic E-state index is 12.6. The van der Waals surface area contributed by atoms with Crippen molar-refractivity contribution >= 4 is 11.9 Å². The van der Waals surface area contributed by atoms with Crippen LogP contribution in [-0.2, 0) is 20.8 Å². The van der Waals surface area contributed by atoms with Gasteiger partial charge in [0.25, 0.3) is 0 Å². The second-order valence-electron chi connectivity index (χ2n) is 5.89. The zero-order valence-electron chi connectivity index (χ0n) is 15.0. The fourth-order valence-corrected chi connectivity index (χ4v) is 2.58. The fourth-order valence-electron chi connectivity index (χ4n) is 2.58. The van der Waals surface area contributed by atoms with Crippen molar-refractivity contribution in [3.8, 4) is 11.3 Å². The molecule has 0 saturated heterocycles. The molecule has 0 aliphatic rings. The molecule has 0 aliphatic carbocycles. The van der Waals surface area contributed by atoms with Crippen molar-refractivity contribution in [1.82, 2.24) is 14.8 Å². The van der Waals surface area contributed by atoms with Crippen LogP contribution in [-0.4, -0.2) is 39.9 Å². The van der Waals surface area contributed by atoms with Crippen LogP contribution >= 0.6 is 0 Å². The number of esters is 2. The van der Waals surface area contributed by atoms with Gasteiger partial charge in [0.15, 0.2) is 6.10 Å². The molecule has 0 amide bonds. The Labute approximate surface area is 156 Å². The summed E-state index contributed by atoms with van der Waals surface area (Å²) in [5.74, 6) is -1.27. The van der Waals surface area contributed by atoms with Crippen molar-refractivity contribution in [2.45, 2.75) is 19.6 Å². The van der Waals surface area contributed by atoms with Crippen LogP contribution in [0.3, 0.4) is 0 Å². The Morgan fingerprint density at radius 1 is 1.15 bits per heavy atom. The van der Waals surface area contributed by atoms with E-state index in [0.717, 1.165) is 5.56 Å². The molecule has 0 unspecified atom stereocenters. The molecule has 0 saturated carbocycles. The summed E-state index contributed by atoms with van der Waals surface area (Å²) >= 11 is 0. The van der Waals surface area contributed by atoms with Crippen LogP contribution in [0, 0.1) is 0 Å². The number of benzene rings is 1. The van der Waals surface area contributed by atoms with Gasteiger partial charge in [0.2, 0.25) is 0 Å². The van der Waals surface area contributed by atoms with Gasteiger partial charge >= 0.3 is 11.9 Å². The molecule has 2 aromatic heterocycles. The van der Waals surface area contributed by atoms with Crippen LogP contribution in [0.2, 0.25) is 0 Å². The number of carbonyl (C=O) groups excluding carboxylic acids is 2. The van der Waals surface area contributed by atoms with Crippen LogP contribution in [0.4, 0.5) is 0 Å². The quantitative estimate of drug-likeness (QED) is 0.625. The first-order valence-electron chi connectivity index (χ1n) is 8.39. The lowest BCUT2D eigenvalue weighted by Gasteiger charge is -2.10. The summed E-state index contributed by atoms with van der Waals surface area (Å²) in [6, 6.07) is 13.3. The van der Waals surface area contributed by atoms with E-state index in [1.807, 2.05) is 36.4 Å². The molecule has 0 spiro atoms. The van der Waals surface area contributed by atoms with Crippen molar-refractivity contribution in [3.05, 3.63) is 72.2 Å². The highest BCUT2D eigenvalue weighted by atomic mass is 16.6. The van der Waals surface area contributed by atoms with Gasteiger partial charge in [-0.2, -0.15) is 5.10 Å². The highest BCUT2D eigenvalue weighted by molar-refractivity contribution is 5.97. The lowest BCUT2D eigenvalue weighted by atomic mass is 10.1. The van der Waals surface area contributed by atoms with E-state index in [9.17, 15) is 9.59 Å². The number of methoxy groups -OCH3 is 1. The van der Waals surface area contributed by atoms with E-state index < -0.39 is 18.0 Å². The van der Waals surface area contributed by atoms with Gasteiger partial charge in [-0.3, -0.25) is 9.67 Å². The van der Waals surface area contributed by atoms with E-state index in [1.165, 1.54) is 14.0 Å². The number of nitrogens with zero attached hydrogens (tertiary/aromatic N) is 3. The predicted molar refractivity (Wildman–Crippen MR) is 97.9 cm³/mol. The third kappa shape index (κ3) is 4.38. The molecule has 0 aliphatic heterocycles. The van der Waals surface area contributed by atoms with E-state index in [1.54, 1.807) is 29.3 Å². The average Bonchev–Trinajstić information content (AvgIpc) is 3.12. The third-order valence-corrected chi connectivity index (χ3v) is 3.92. The van der Waals surface area contributed by atoms with Crippen LogP contribution < -0.4 is 0 Å². The fraction of sp³-hybridized carbons (Fsp3) is 0.200. The van der Waals surface area contributed by atoms with Crippen molar-refractivity contribution in [3.63, 3.8) is 0 Å². The van der Waals surface area contributed by atoms with Gasteiger partial charge in [-0.25, -0.2) is 9.59 Å². The summed E-state index contributed by atoms with van der Waals surface area (Å²) < 4.78 is 11.5. The van der Waals surface area contributed by atoms with E-state index in [0.29, 0.717) is 17.8 Å². The second-order valence-corrected chi connectivity index (χ2v) is 5.89. The minimum absolute atomic E-state index is 0.259. The molecule has 3 aromatic rings. The maximum Gasteiger partial charge on any atom is 0.346 e. The molecule has 0 fully saturated rings. The number of hydrogen-bond acceptors (Lipinski definition) is 6. The maximum atomic E-state index is 12.6. The van der Waals surface area contributed by atoms with Gasteiger partial charge in [-0.05, 0) is 24.6 Å². The molecular weight excluding hydrogens is 346 g/mol. The number of aromatic nitrogens is 3. The van der Waals surface area contributed by atoms with Gasteiger partial charge in [-0.15, -0.1) is 0 Å². The number of ether oxygens (including phenoxy) is 2. The Morgan fingerprint density at radius 3 is 2.59 bits per heavy atom. The molecule has 7 heteroatoms.